The van der Waals surface area contributed by atoms with Gasteiger partial charge in [-0.15, -0.1) is 0 Å². The number of aromatic nitrogens is 2. The minimum Gasteiger partial charge on any atom is -0.349 e. The third kappa shape index (κ3) is 4.56. The van der Waals surface area contributed by atoms with Crippen molar-refractivity contribution in [3.05, 3.63) is 76.2 Å². The van der Waals surface area contributed by atoms with E-state index in [-0.39, 0.29) is 29.3 Å². The third-order valence-electron chi connectivity index (χ3n) is 5.76. The maximum atomic E-state index is 13.4. The lowest BCUT2D eigenvalue weighted by molar-refractivity contribution is 0.0691. The molecule has 2 heterocycles. The molecule has 7 heteroatoms. The topological polar surface area (TPSA) is 84.3 Å². The molecule has 1 fully saturated rings. The zero-order valence-electron chi connectivity index (χ0n) is 18.5. The van der Waals surface area contributed by atoms with Crippen molar-refractivity contribution in [2.24, 2.45) is 5.92 Å². The predicted molar refractivity (Wildman–Crippen MR) is 124 cm³/mol. The largest absolute Gasteiger partial charge is 0.349 e. The molecule has 0 unspecified atom stereocenters. The second kappa shape index (κ2) is 9.34. The molecule has 1 N–H and O–H groups in total. The Morgan fingerprint density at radius 2 is 1.62 bits per heavy atom. The average molecular weight is 433 g/mol. The van der Waals surface area contributed by atoms with Crippen molar-refractivity contribution in [2.75, 3.05) is 13.1 Å². The highest BCUT2D eigenvalue weighted by molar-refractivity contribution is 6.04. The number of carbonyl (C=O) groups excluding carboxylic acids is 2. The first-order valence-electron chi connectivity index (χ1n) is 11.1. The second-order valence-electron chi connectivity index (χ2n) is 8.68. The van der Waals surface area contributed by atoms with Crippen LogP contribution in [0.2, 0.25) is 0 Å². The Bertz CT molecular complexity index is 1180. The van der Waals surface area contributed by atoms with Crippen LogP contribution in [0.4, 0.5) is 0 Å². The molecule has 2 aromatic carbocycles. The fourth-order valence-electron chi connectivity index (χ4n) is 4.10. The fraction of sp³-hybridized carbons (Fsp3) is 0.360. The van der Waals surface area contributed by atoms with Crippen LogP contribution in [0.5, 0.6) is 0 Å². The number of fused-ring (bicyclic) bond motifs is 1. The van der Waals surface area contributed by atoms with Crippen LogP contribution in [-0.4, -0.2) is 45.6 Å². The van der Waals surface area contributed by atoms with E-state index in [0.717, 1.165) is 0 Å². The van der Waals surface area contributed by atoms with Gasteiger partial charge in [-0.05, 0) is 37.0 Å². The molecule has 4 rings (SSSR count). The minimum absolute atomic E-state index is 0.0198. The normalized spacial score (nSPS) is 14.7. The Balaban J connectivity index is 1.50. The van der Waals surface area contributed by atoms with Crippen LogP contribution in [-0.2, 0) is 6.54 Å². The summed E-state index contributed by atoms with van der Waals surface area (Å²) in [6.45, 7) is 5.53. The van der Waals surface area contributed by atoms with E-state index < -0.39 is 0 Å². The molecule has 32 heavy (non-hydrogen) atoms. The number of carbonyl (C=O) groups is 2. The van der Waals surface area contributed by atoms with E-state index >= 15 is 0 Å². The van der Waals surface area contributed by atoms with E-state index in [9.17, 15) is 14.4 Å². The van der Waals surface area contributed by atoms with Crippen molar-refractivity contribution < 1.29 is 9.59 Å². The van der Waals surface area contributed by atoms with Crippen LogP contribution >= 0.6 is 0 Å². The lowest BCUT2D eigenvalue weighted by Gasteiger charge is -2.32. The Morgan fingerprint density at radius 1 is 1.00 bits per heavy atom. The first-order valence-corrected chi connectivity index (χ1v) is 11.1. The van der Waals surface area contributed by atoms with Gasteiger partial charge in [0.05, 0.1) is 5.39 Å². The Labute approximate surface area is 187 Å². The van der Waals surface area contributed by atoms with Crippen molar-refractivity contribution in [3.8, 4) is 0 Å². The molecular weight excluding hydrogens is 404 g/mol. The van der Waals surface area contributed by atoms with Crippen LogP contribution < -0.4 is 10.9 Å². The summed E-state index contributed by atoms with van der Waals surface area (Å²) in [5.41, 5.74) is 0.773. The zero-order valence-corrected chi connectivity index (χ0v) is 18.5. The second-order valence-corrected chi connectivity index (χ2v) is 8.68. The van der Waals surface area contributed by atoms with E-state index in [1.165, 1.54) is 4.68 Å². The molecule has 0 saturated carbocycles. The number of nitrogens with one attached hydrogen (secondary N) is 1. The quantitative estimate of drug-likeness (QED) is 0.672. The smallest absolute Gasteiger partial charge is 0.274 e. The molecule has 1 aromatic heterocycles. The fourth-order valence-corrected chi connectivity index (χ4v) is 4.10. The van der Waals surface area contributed by atoms with Crippen molar-refractivity contribution in [1.29, 1.82) is 0 Å². The summed E-state index contributed by atoms with van der Waals surface area (Å²) in [4.78, 5) is 40.4. The monoisotopic (exact) mass is 432 g/mol. The van der Waals surface area contributed by atoms with Crippen LogP contribution in [0.1, 0.15) is 47.5 Å². The number of nitrogens with zero attached hydrogens (tertiary/aromatic N) is 3. The Hall–Kier alpha value is -3.48. The number of rotatable bonds is 5. The summed E-state index contributed by atoms with van der Waals surface area (Å²) in [7, 11) is 0. The van der Waals surface area contributed by atoms with E-state index in [1.54, 1.807) is 35.2 Å². The van der Waals surface area contributed by atoms with E-state index in [1.807, 2.05) is 38.1 Å². The summed E-state index contributed by atoms with van der Waals surface area (Å²) >= 11 is 0. The number of benzene rings is 2. The van der Waals surface area contributed by atoms with Crippen molar-refractivity contribution in [2.45, 2.75) is 39.3 Å². The van der Waals surface area contributed by atoms with Gasteiger partial charge < -0.3 is 10.2 Å². The van der Waals surface area contributed by atoms with Gasteiger partial charge >= 0.3 is 0 Å². The first-order chi connectivity index (χ1) is 15.4. The molecule has 2 amide bonds. The third-order valence-corrected chi connectivity index (χ3v) is 5.76. The van der Waals surface area contributed by atoms with Gasteiger partial charge in [-0.1, -0.05) is 50.2 Å². The Kier molecular flexibility index (Phi) is 6.35. The van der Waals surface area contributed by atoms with Gasteiger partial charge in [-0.3, -0.25) is 14.4 Å². The molecule has 166 valence electrons. The molecular formula is C25H28N4O3. The molecule has 0 bridgehead atoms. The van der Waals surface area contributed by atoms with Gasteiger partial charge in [0.1, 0.15) is 0 Å². The molecule has 1 aliphatic rings. The molecule has 3 aromatic rings. The highest BCUT2D eigenvalue weighted by Gasteiger charge is 2.27. The summed E-state index contributed by atoms with van der Waals surface area (Å²) in [5, 5.41) is 8.63. The highest BCUT2D eigenvalue weighted by Crippen LogP contribution is 2.19. The van der Waals surface area contributed by atoms with Crippen LogP contribution in [0.25, 0.3) is 10.8 Å². The number of hydrogen-bond donors (Lipinski definition) is 1. The number of likely N-dealkylation sites (tertiary alicyclic amines) is 1. The minimum atomic E-state index is -0.174. The van der Waals surface area contributed by atoms with Crippen molar-refractivity contribution in [3.63, 3.8) is 0 Å². The zero-order chi connectivity index (χ0) is 22.7. The van der Waals surface area contributed by atoms with Gasteiger partial charge in [0.2, 0.25) is 0 Å². The first kappa shape index (κ1) is 21.7. The Morgan fingerprint density at radius 3 is 2.28 bits per heavy atom. The maximum Gasteiger partial charge on any atom is 0.274 e. The summed E-state index contributed by atoms with van der Waals surface area (Å²) < 4.78 is 1.41. The van der Waals surface area contributed by atoms with Crippen LogP contribution in [0, 0.1) is 5.92 Å². The van der Waals surface area contributed by atoms with Crippen molar-refractivity contribution in [1.82, 2.24) is 20.0 Å². The summed E-state index contributed by atoms with van der Waals surface area (Å²) in [6.07, 6.45) is 1.35. The highest BCUT2D eigenvalue weighted by atomic mass is 16.2. The van der Waals surface area contributed by atoms with Crippen LogP contribution in [0.15, 0.2) is 59.4 Å². The van der Waals surface area contributed by atoms with Gasteiger partial charge in [-0.2, -0.15) is 5.10 Å². The van der Waals surface area contributed by atoms with Crippen molar-refractivity contribution >= 4 is 22.6 Å². The summed E-state index contributed by atoms with van der Waals surface area (Å²) in [6, 6.07) is 16.3. The van der Waals surface area contributed by atoms with Gasteiger partial charge in [0, 0.05) is 36.6 Å². The lowest BCUT2D eigenvalue weighted by atomic mass is 10.0. The SMILES string of the molecule is CC(C)Cn1nc(C(=O)N2CCC(NC(=O)c3ccccc3)CC2)c2ccccc2c1=O. The van der Waals surface area contributed by atoms with E-state index in [2.05, 4.69) is 10.4 Å². The molecule has 1 aliphatic heterocycles. The van der Waals surface area contributed by atoms with Gasteiger partial charge in [0.15, 0.2) is 5.69 Å². The number of amides is 2. The van der Waals surface area contributed by atoms with Crippen LogP contribution in [0.3, 0.4) is 0 Å². The average Bonchev–Trinajstić information content (AvgIpc) is 2.81. The van der Waals surface area contributed by atoms with Gasteiger partial charge in [0.25, 0.3) is 17.4 Å². The predicted octanol–water partition coefficient (Wildman–Crippen LogP) is 3.09. The standard InChI is InChI=1S/C25H28N4O3/c1-17(2)16-29-24(31)21-11-7-6-10-20(21)22(27-29)25(32)28-14-12-19(13-15-28)26-23(30)18-8-4-3-5-9-18/h3-11,17,19H,12-16H2,1-2H3,(H,26,30). The molecule has 7 nitrogen and oxygen atoms in total. The number of piperidine rings is 1. The molecule has 0 aliphatic carbocycles. The molecule has 0 atom stereocenters. The summed E-state index contributed by atoms with van der Waals surface area (Å²) in [5.74, 6) is -0.0383. The molecule has 0 radical (unpaired) electrons. The molecule has 1 saturated heterocycles. The number of hydrogen-bond acceptors (Lipinski definition) is 4. The molecule has 0 spiro atoms. The van der Waals surface area contributed by atoms with Gasteiger partial charge in [-0.25, -0.2) is 4.68 Å². The lowest BCUT2D eigenvalue weighted by Crippen LogP contribution is -2.47. The van der Waals surface area contributed by atoms with E-state index in [4.69, 9.17) is 0 Å². The van der Waals surface area contributed by atoms with E-state index in [0.29, 0.717) is 54.5 Å². The maximum absolute atomic E-state index is 13.4.